The molecule has 0 radical (unpaired) electrons. The zero-order valence-electron chi connectivity index (χ0n) is 19.0. The molecule has 176 valence electrons. The second-order valence-corrected chi connectivity index (χ2v) is 9.63. The number of rotatable bonds is 7. The summed E-state index contributed by atoms with van der Waals surface area (Å²) in [6.07, 6.45) is 4.17. The molecule has 3 aromatic carbocycles. The lowest BCUT2D eigenvalue weighted by molar-refractivity contribution is 0.122. The van der Waals surface area contributed by atoms with E-state index in [1.165, 1.54) is 12.8 Å². The molecule has 2 bridgehead atoms. The van der Waals surface area contributed by atoms with Crippen LogP contribution in [0.2, 0.25) is 5.02 Å². The first-order chi connectivity index (χ1) is 16.6. The molecule has 2 aliphatic rings. The summed E-state index contributed by atoms with van der Waals surface area (Å²) < 4.78 is 11.6. The number of hydrogen-bond acceptors (Lipinski definition) is 4. The van der Waals surface area contributed by atoms with Crippen molar-refractivity contribution in [3.63, 3.8) is 0 Å². The highest BCUT2D eigenvalue weighted by atomic mass is 35.5. The standard InChI is InChI=1S/C28H29ClN2O3/c29-22-8-4-7-21(15-22)26-16-25(33-17-19-5-2-1-3-6-19)11-12-27(26)31-28(32)34-18-20-13-23-9-10-24(14-20)30-23/h1-8,11-12,15-16,20,23-24,30H,9-10,13-14,17-18H2,(H,31,32). The van der Waals surface area contributed by atoms with Gasteiger partial charge in [0.25, 0.3) is 0 Å². The molecule has 5 nitrogen and oxygen atoms in total. The number of carbonyl (C=O) groups excluding carboxylic acids is 1. The van der Waals surface area contributed by atoms with Crippen LogP contribution in [0.1, 0.15) is 31.2 Å². The van der Waals surface area contributed by atoms with Crippen molar-refractivity contribution in [2.24, 2.45) is 5.92 Å². The molecule has 5 rings (SSSR count). The van der Waals surface area contributed by atoms with Gasteiger partial charge in [-0.15, -0.1) is 0 Å². The number of piperidine rings is 1. The van der Waals surface area contributed by atoms with Crippen LogP contribution in [-0.2, 0) is 11.3 Å². The second kappa shape index (κ2) is 10.5. The average Bonchev–Trinajstić information content (AvgIpc) is 3.20. The minimum Gasteiger partial charge on any atom is -0.489 e. The monoisotopic (exact) mass is 476 g/mol. The van der Waals surface area contributed by atoms with Crippen molar-refractivity contribution in [1.29, 1.82) is 0 Å². The SMILES string of the molecule is O=C(Nc1ccc(OCc2ccccc2)cc1-c1cccc(Cl)c1)OCC1CC2CCC(C1)N2. The van der Waals surface area contributed by atoms with Crippen LogP contribution in [0.25, 0.3) is 11.1 Å². The smallest absolute Gasteiger partial charge is 0.411 e. The van der Waals surface area contributed by atoms with Crippen LogP contribution in [0, 0.1) is 5.92 Å². The summed E-state index contributed by atoms with van der Waals surface area (Å²) in [5.41, 5.74) is 3.46. The van der Waals surface area contributed by atoms with Crippen LogP contribution in [-0.4, -0.2) is 24.8 Å². The second-order valence-electron chi connectivity index (χ2n) is 9.19. The molecule has 6 heteroatoms. The zero-order valence-corrected chi connectivity index (χ0v) is 19.8. The molecule has 0 aliphatic carbocycles. The molecule has 2 heterocycles. The highest BCUT2D eigenvalue weighted by Gasteiger charge is 2.33. The number of amides is 1. The maximum Gasteiger partial charge on any atom is 0.411 e. The fourth-order valence-electron chi connectivity index (χ4n) is 5.01. The number of hydrogen-bond donors (Lipinski definition) is 2. The van der Waals surface area contributed by atoms with E-state index in [9.17, 15) is 4.79 Å². The lowest BCUT2D eigenvalue weighted by Crippen LogP contribution is -2.39. The first-order valence-electron chi connectivity index (χ1n) is 11.9. The number of halogens is 1. The highest BCUT2D eigenvalue weighted by Crippen LogP contribution is 2.34. The van der Waals surface area contributed by atoms with Crippen molar-refractivity contribution >= 4 is 23.4 Å². The van der Waals surface area contributed by atoms with Gasteiger partial charge in [-0.2, -0.15) is 0 Å². The van der Waals surface area contributed by atoms with Gasteiger partial charge in [0.2, 0.25) is 0 Å². The van der Waals surface area contributed by atoms with Gasteiger partial charge in [-0.1, -0.05) is 54.1 Å². The Balaban J connectivity index is 1.28. The van der Waals surface area contributed by atoms with Crippen LogP contribution in [0.15, 0.2) is 72.8 Å². The largest absolute Gasteiger partial charge is 0.489 e. The molecule has 2 saturated heterocycles. The minimum absolute atomic E-state index is 0.422. The molecule has 0 saturated carbocycles. The summed E-state index contributed by atoms with van der Waals surface area (Å²) >= 11 is 6.25. The third-order valence-electron chi connectivity index (χ3n) is 6.63. The maximum absolute atomic E-state index is 12.7. The molecule has 2 unspecified atom stereocenters. The lowest BCUT2D eigenvalue weighted by atomic mass is 9.93. The Morgan fingerprint density at radius 2 is 1.76 bits per heavy atom. The van der Waals surface area contributed by atoms with Crippen molar-refractivity contribution in [3.05, 3.63) is 83.4 Å². The zero-order chi connectivity index (χ0) is 23.3. The van der Waals surface area contributed by atoms with Gasteiger partial charge < -0.3 is 14.8 Å². The number of anilines is 1. The Morgan fingerprint density at radius 1 is 0.971 bits per heavy atom. The molecule has 2 aliphatic heterocycles. The van der Waals surface area contributed by atoms with E-state index in [2.05, 4.69) is 10.6 Å². The van der Waals surface area contributed by atoms with Gasteiger partial charge >= 0.3 is 6.09 Å². The normalized spacial score (nSPS) is 21.1. The molecule has 34 heavy (non-hydrogen) atoms. The van der Waals surface area contributed by atoms with Gasteiger partial charge in [-0.25, -0.2) is 4.79 Å². The van der Waals surface area contributed by atoms with Crippen molar-refractivity contribution in [1.82, 2.24) is 5.32 Å². The molecular weight excluding hydrogens is 448 g/mol. The number of carbonyl (C=O) groups is 1. The first kappa shape index (κ1) is 22.8. The van der Waals surface area contributed by atoms with Gasteiger partial charge in [-0.3, -0.25) is 5.32 Å². The van der Waals surface area contributed by atoms with Gasteiger partial charge in [0.1, 0.15) is 12.4 Å². The number of benzene rings is 3. The first-order valence-corrected chi connectivity index (χ1v) is 12.3. The van der Waals surface area contributed by atoms with Gasteiger partial charge in [0, 0.05) is 22.7 Å². The third-order valence-corrected chi connectivity index (χ3v) is 6.87. The maximum atomic E-state index is 12.7. The van der Waals surface area contributed by atoms with Crippen LogP contribution in [0.3, 0.4) is 0 Å². The predicted molar refractivity (Wildman–Crippen MR) is 135 cm³/mol. The number of nitrogens with one attached hydrogen (secondary N) is 2. The quantitative estimate of drug-likeness (QED) is 0.400. The molecule has 3 aromatic rings. The van der Waals surface area contributed by atoms with Crippen LogP contribution < -0.4 is 15.4 Å². The van der Waals surface area contributed by atoms with E-state index in [0.29, 0.717) is 47.7 Å². The summed E-state index contributed by atoms with van der Waals surface area (Å²) in [5, 5.41) is 7.18. The summed E-state index contributed by atoms with van der Waals surface area (Å²) in [5.74, 6) is 1.13. The van der Waals surface area contributed by atoms with Crippen molar-refractivity contribution < 1.29 is 14.3 Å². The molecular formula is C28H29ClN2O3. The fourth-order valence-corrected chi connectivity index (χ4v) is 5.20. The van der Waals surface area contributed by atoms with E-state index in [0.717, 1.165) is 29.5 Å². The Hall–Kier alpha value is -3.02. The third kappa shape index (κ3) is 5.72. The molecule has 1 amide bonds. The van der Waals surface area contributed by atoms with E-state index in [4.69, 9.17) is 21.1 Å². The Morgan fingerprint density at radius 3 is 2.53 bits per heavy atom. The predicted octanol–water partition coefficient (Wildman–Crippen LogP) is 6.67. The van der Waals surface area contributed by atoms with Gasteiger partial charge in [-0.05, 0) is 73.1 Å². The number of fused-ring (bicyclic) bond motifs is 2. The fraction of sp³-hybridized carbons (Fsp3) is 0.321. The number of ether oxygens (including phenoxy) is 2. The Bertz CT molecular complexity index is 1130. The summed E-state index contributed by atoms with van der Waals surface area (Å²) in [6.45, 7) is 0.911. The Labute approximate surface area is 205 Å². The van der Waals surface area contributed by atoms with Crippen LogP contribution in [0.5, 0.6) is 5.75 Å². The summed E-state index contributed by atoms with van der Waals surface area (Å²) in [6, 6.07) is 24.4. The van der Waals surface area contributed by atoms with Gasteiger partial charge in [0.15, 0.2) is 0 Å². The van der Waals surface area contributed by atoms with Crippen molar-refractivity contribution in [2.75, 3.05) is 11.9 Å². The minimum atomic E-state index is -0.438. The van der Waals surface area contributed by atoms with E-state index in [1.54, 1.807) is 0 Å². The molecule has 2 atom stereocenters. The van der Waals surface area contributed by atoms with Crippen LogP contribution >= 0.6 is 11.6 Å². The average molecular weight is 477 g/mol. The lowest BCUT2D eigenvalue weighted by Gasteiger charge is -2.28. The summed E-state index contributed by atoms with van der Waals surface area (Å²) in [7, 11) is 0. The Kier molecular flexibility index (Phi) is 7.02. The van der Waals surface area contributed by atoms with E-state index in [-0.39, 0.29) is 0 Å². The highest BCUT2D eigenvalue weighted by molar-refractivity contribution is 6.30. The van der Waals surface area contributed by atoms with Crippen molar-refractivity contribution in [3.8, 4) is 16.9 Å². The topological polar surface area (TPSA) is 59.6 Å². The van der Waals surface area contributed by atoms with Gasteiger partial charge in [0.05, 0.1) is 12.3 Å². The van der Waals surface area contributed by atoms with Crippen LogP contribution in [0.4, 0.5) is 10.5 Å². The molecule has 2 N–H and O–H groups in total. The molecule has 0 aromatic heterocycles. The molecule has 0 spiro atoms. The van der Waals surface area contributed by atoms with E-state index >= 15 is 0 Å². The molecule has 2 fully saturated rings. The van der Waals surface area contributed by atoms with E-state index in [1.807, 2.05) is 72.8 Å². The summed E-state index contributed by atoms with van der Waals surface area (Å²) in [4.78, 5) is 12.7. The van der Waals surface area contributed by atoms with E-state index < -0.39 is 6.09 Å². The van der Waals surface area contributed by atoms with Crippen molar-refractivity contribution in [2.45, 2.75) is 44.4 Å².